The van der Waals surface area contributed by atoms with Crippen LogP contribution in [0.1, 0.15) is 10.4 Å². The molecule has 0 spiro atoms. The van der Waals surface area contributed by atoms with Crippen LogP contribution in [0.5, 0.6) is 17.4 Å². The third-order valence-corrected chi connectivity index (χ3v) is 7.18. The molecule has 1 fully saturated rings. The van der Waals surface area contributed by atoms with Crippen LogP contribution in [0.4, 0.5) is 10.1 Å². The van der Waals surface area contributed by atoms with Gasteiger partial charge in [0.05, 0.1) is 24.1 Å². The van der Waals surface area contributed by atoms with Crippen LogP contribution < -0.4 is 25.7 Å². The molecule has 1 aliphatic heterocycles. The second-order valence-electron chi connectivity index (χ2n) is 10.0. The van der Waals surface area contributed by atoms with E-state index < -0.39 is 17.2 Å². The predicted octanol–water partition coefficient (Wildman–Crippen LogP) is 3.67. The molecule has 2 radical (unpaired) electrons. The van der Waals surface area contributed by atoms with E-state index in [1.807, 2.05) is 6.07 Å². The number of amides is 1. The van der Waals surface area contributed by atoms with Gasteiger partial charge < -0.3 is 24.5 Å². The molecule has 2 aromatic carbocycles. The maximum Gasteiger partial charge on any atom is 0.261 e. The first-order valence-electron chi connectivity index (χ1n) is 14.0. The van der Waals surface area contributed by atoms with Crippen LogP contribution >= 0.6 is 0 Å². The van der Waals surface area contributed by atoms with E-state index in [4.69, 9.17) is 22.1 Å². The minimum absolute atomic E-state index is 0.0937. The van der Waals surface area contributed by atoms with E-state index in [1.165, 1.54) is 36.9 Å². The Morgan fingerprint density at radius 2 is 1.89 bits per heavy atom. The first kappa shape index (κ1) is 29.0. The van der Waals surface area contributed by atoms with E-state index in [1.54, 1.807) is 30.3 Å². The highest BCUT2D eigenvalue weighted by atomic mass is 19.1. The van der Waals surface area contributed by atoms with Gasteiger partial charge in [-0.3, -0.25) is 19.5 Å². The molecule has 1 aliphatic rings. The molecule has 4 heterocycles. The van der Waals surface area contributed by atoms with Crippen LogP contribution in [0.25, 0.3) is 22.0 Å². The van der Waals surface area contributed by atoms with Gasteiger partial charge in [0.2, 0.25) is 11.3 Å². The summed E-state index contributed by atoms with van der Waals surface area (Å²) in [6, 6.07) is 14.5. The van der Waals surface area contributed by atoms with Crippen LogP contribution in [-0.4, -0.2) is 73.1 Å². The lowest BCUT2D eigenvalue weighted by atomic mass is 9.94. The van der Waals surface area contributed by atoms with Crippen molar-refractivity contribution in [2.75, 3.05) is 44.8 Å². The number of rotatable bonds is 9. The Bertz CT molecular complexity index is 1860. The Morgan fingerprint density at radius 3 is 2.68 bits per heavy atom. The number of H-pyrrole nitrogens is 1. The van der Waals surface area contributed by atoms with Crippen LogP contribution in [-0.2, 0) is 4.74 Å². The molecule has 3 aromatic heterocycles. The zero-order valence-electron chi connectivity index (χ0n) is 23.6. The Kier molecular flexibility index (Phi) is 8.62. The second-order valence-corrected chi connectivity index (χ2v) is 10.0. The van der Waals surface area contributed by atoms with Gasteiger partial charge in [-0.25, -0.2) is 9.37 Å². The molecule has 220 valence electrons. The number of ether oxygens (including phenoxy) is 3. The third kappa shape index (κ3) is 6.31. The molecule has 5 aromatic rings. The Morgan fingerprint density at radius 1 is 1.07 bits per heavy atom. The Balaban J connectivity index is 1.15. The average Bonchev–Trinajstić information content (AvgIpc) is 3.04. The number of pyridine rings is 3. The lowest BCUT2D eigenvalue weighted by Crippen LogP contribution is -2.38. The number of morpholine rings is 1. The number of nitrogens with one attached hydrogen (secondary N) is 2. The van der Waals surface area contributed by atoms with Gasteiger partial charge in [-0.2, -0.15) is 0 Å². The van der Waals surface area contributed by atoms with Crippen molar-refractivity contribution in [2.45, 2.75) is 0 Å². The maximum absolute atomic E-state index is 15.2. The highest BCUT2D eigenvalue weighted by Gasteiger charge is 2.17. The fourth-order valence-corrected chi connectivity index (χ4v) is 4.85. The predicted molar refractivity (Wildman–Crippen MR) is 165 cm³/mol. The molecule has 1 saturated heterocycles. The van der Waals surface area contributed by atoms with Gasteiger partial charge in [-0.1, -0.05) is 30.3 Å². The van der Waals surface area contributed by atoms with Crippen molar-refractivity contribution in [3.8, 4) is 28.5 Å². The van der Waals surface area contributed by atoms with Crippen molar-refractivity contribution in [3.63, 3.8) is 0 Å². The van der Waals surface area contributed by atoms with E-state index in [-0.39, 0.29) is 34.1 Å². The van der Waals surface area contributed by atoms with Crippen molar-refractivity contribution >= 4 is 35.8 Å². The van der Waals surface area contributed by atoms with Gasteiger partial charge >= 0.3 is 0 Å². The normalized spacial score (nSPS) is 13.5. The molecule has 10 nitrogen and oxygen atoms in total. The summed E-state index contributed by atoms with van der Waals surface area (Å²) < 4.78 is 32.2. The molecule has 0 atom stereocenters. The lowest BCUT2D eigenvalue weighted by molar-refractivity contribution is 0.0321. The van der Waals surface area contributed by atoms with Gasteiger partial charge in [0.25, 0.3) is 5.91 Å². The molecule has 12 heteroatoms. The molecule has 6 rings (SSSR count). The van der Waals surface area contributed by atoms with Crippen LogP contribution in [0.3, 0.4) is 0 Å². The number of anilines is 1. The van der Waals surface area contributed by atoms with Gasteiger partial charge in [0.1, 0.15) is 25.8 Å². The highest BCUT2D eigenvalue weighted by molar-refractivity contribution is 6.40. The first-order valence-corrected chi connectivity index (χ1v) is 14.0. The zero-order chi connectivity index (χ0) is 30.5. The molecule has 44 heavy (non-hydrogen) atoms. The van der Waals surface area contributed by atoms with Crippen molar-refractivity contribution in [1.29, 1.82) is 0 Å². The molecular formula is C32H27BFN5O5. The van der Waals surface area contributed by atoms with E-state index in [0.717, 1.165) is 19.2 Å². The van der Waals surface area contributed by atoms with Crippen molar-refractivity contribution in [2.24, 2.45) is 0 Å². The van der Waals surface area contributed by atoms with Gasteiger partial charge in [-0.15, -0.1) is 0 Å². The number of nitrogens with zero attached hydrogens (tertiary/aromatic N) is 3. The van der Waals surface area contributed by atoms with E-state index in [0.29, 0.717) is 48.4 Å². The van der Waals surface area contributed by atoms with Gasteiger partial charge in [-0.05, 0) is 29.2 Å². The molecule has 0 unspecified atom stereocenters. The van der Waals surface area contributed by atoms with E-state index in [2.05, 4.69) is 25.2 Å². The topological polar surface area (TPSA) is 119 Å². The minimum Gasteiger partial charge on any atom is -0.477 e. The number of fused-ring (bicyclic) bond motifs is 1. The summed E-state index contributed by atoms with van der Waals surface area (Å²) in [6.07, 6.45) is 5.87. The standard InChI is InChI=1S/C32H27BFN5O5/c33-28-29-23(19-37-32(28)43-15-12-39-10-13-42-14-11-39)26(8-9-36-29)44-27-7-6-21(16-25(27)34)38-31(41)24-18-35-17-22(30(24)40)20-4-2-1-3-5-20/h1-9,16-19H,10-15H2,(H,35,40)(H,38,41). The Labute approximate surface area is 253 Å². The average molecular weight is 591 g/mol. The molecular weight excluding hydrogens is 564 g/mol. The largest absolute Gasteiger partial charge is 0.477 e. The highest BCUT2D eigenvalue weighted by Crippen LogP contribution is 2.31. The SMILES string of the molecule is [B]c1c(OCCN2CCOCC2)ncc2c(Oc3ccc(NC(=O)c4c[nH]cc(-c5ccccc5)c4=O)cc3F)ccnc12. The molecule has 1 amide bonds. The van der Waals surface area contributed by atoms with Gasteiger partial charge in [0.15, 0.2) is 11.6 Å². The zero-order valence-corrected chi connectivity index (χ0v) is 23.6. The number of halogens is 1. The van der Waals surface area contributed by atoms with Gasteiger partial charge in [0, 0.05) is 61.7 Å². The summed E-state index contributed by atoms with van der Waals surface area (Å²) >= 11 is 0. The molecule has 0 bridgehead atoms. The van der Waals surface area contributed by atoms with E-state index in [9.17, 15) is 9.59 Å². The number of benzene rings is 2. The third-order valence-electron chi connectivity index (χ3n) is 7.18. The van der Waals surface area contributed by atoms with Crippen LogP contribution in [0.2, 0.25) is 0 Å². The second kappa shape index (κ2) is 13.1. The lowest BCUT2D eigenvalue weighted by Gasteiger charge is -2.26. The van der Waals surface area contributed by atoms with Crippen molar-refractivity contribution in [1.82, 2.24) is 19.9 Å². The smallest absolute Gasteiger partial charge is 0.261 e. The Hall–Kier alpha value is -5.07. The number of hydrogen-bond donors (Lipinski definition) is 2. The van der Waals surface area contributed by atoms with Crippen molar-refractivity contribution in [3.05, 3.63) is 101 Å². The summed E-state index contributed by atoms with van der Waals surface area (Å²) in [6.45, 7) is 4.21. The number of aromatic nitrogens is 3. The van der Waals surface area contributed by atoms with E-state index >= 15 is 4.39 Å². The first-order chi connectivity index (χ1) is 21.5. The minimum atomic E-state index is -0.733. The summed E-state index contributed by atoms with van der Waals surface area (Å²) in [5, 5.41) is 3.05. The quantitative estimate of drug-likeness (QED) is 0.250. The monoisotopic (exact) mass is 591 g/mol. The number of carbonyl (C=O) groups excluding carboxylic acids is 1. The summed E-state index contributed by atoms with van der Waals surface area (Å²) in [7, 11) is 6.32. The number of aromatic amines is 1. The summed E-state index contributed by atoms with van der Waals surface area (Å²) in [5.74, 6) is -0.960. The number of hydrogen-bond acceptors (Lipinski definition) is 8. The maximum atomic E-state index is 15.2. The molecule has 0 saturated carbocycles. The van der Waals surface area contributed by atoms with Crippen molar-refractivity contribution < 1.29 is 23.4 Å². The summed E-state index contributed by atoms with van der Waals surface area (Å²) in [4.78, 5) is 39.7. The molecule has 2 N–H and O–H groups in total. The fraction of sp³-hybridized carbons (Fsp3) is 0.188. The fourth-order valence-electron chi connectivity index (χ4n) is 4.85. The van der Waals surface area contributed by atoms with Crippen LogP contribution in [0.15, 0.2) is 84.2 Å². The summed E-state index contributed by atoms with van der Waals surface area (Å²) in [5.41, 5.74) is 1.27. The molecule has 0 aliphatic carbocycles. The van der Waals surface area contributed by atoms with Crippen LogP contribution in [0, 0.1) is 5.82 Å². The number of carbonyl (C=O) groups is 1.